The van der Waals surface area contributed by atoms with Crippen molar-refractivity contribution in [2.75, 3.05) is 6.54 Å². The second kappa shape index (κ2) is 7.81. The van der Waals surface area contributed by atoms with Gasteiger partial charge in [0, 0.05) is 30.5 Å². The number of aromatic nitrogens is 2. The van der Waals surface area contributed by atoms with Gasteiger partial charge in [0.05, 0.1) is 12.6 Å². The Labute approximate surface area is 129 Å². The molecule has 2 N–H and O–H groups in total. The summed E-state index contributed by atoms with van der Waals surface area (Å²) >= 11 is 6.05. The highest BCUT2D eigenvalue weighted by molar-refractivity contribution is 6.31. The molecule has 1 heterocycles. The van der Waals surface area contributed by atoms with Crippen LogP contribution in [-0.4, -0.2) is 28.3 Å². The van der Waals surface area contributed by atoms with Crippen molar-refractivity contribution in [1.29, 1.82) is 0 Å². The van der Waals surface area contributed by atoms with Crippen molar-refractivity contribution >= 4 is 17.5 Å². The van der Waals surface area contributed by atoms with E-state index in [1.54, 1.807) is 6.20 Å². The highest BCUT2D eigenvalue weighted by atomic mass is 35.5. The molecule has 0 fully saturated rings. The number of rotatable bonds is 7. The molecular formula is C15H19ClN4O. The lowest BCUT2D eigenvalue weighted by atomic mass is 10.2. The normalized spacial score (nSPS) is 12.1. The van der Waals surface area contributed by atoms with Crippen LogP contribution in [0.25, 0.3) is 0 Å². The predicted molar refractivity (Wildman–Crippen MR) is 83.0 cm³/mol. The first-order valence-electron chi connectivity index (χ1n) is 6.89. The summed E-state index contributed by atoms with van der Waals surface area (Å²) in [6.45, 7) is 3.69. The molecule has 1 aromatic heterocycles. The Hall–Kier alpha value is -1.85. The van der Waals surface area contributed by atoms with Crippen molar-refractivity contribution in [1.82, 2.24) is 20.4 Å². The van der Waals surface area contributed by atoms with Crippen LogP contribution >= 0.6 is 11.6 Å². The van der Waals surface area contributed by atoms with E-state index in [4.69, 9.17) is 11.6 Å². The molecular weight excluding hydrogens is 288 g/mol. The molecule has 2 rings (SSSR count). The molecule has 0 saturated carbocycles. The number of carbonyl (C=O) groups is 1. The fraction of sp³-hybridized carbons (Fsp3) is 0.333. The molecule has 0 unspecified atom stereocenters. The summed E-state index contributed by atoms with van der Waals surface area (Å²) in [5.41, 5.74) is 0.913. The van der Waals surface area contributed by atoms with Crippen molar-refractivity contribution in [2.24, 2.45) is 0 Å². The van der Waals surface area contributed by atoms with E-state index >= 15 is 0 Å². The summed E-state index contributed by atoms with van der Waals surface area (Å²) in [7, 11) is 0. The van der Waals surface area contributed by atoms with Crippen molar-refractivity contribution < 1.29 is 4.79 Å². The first-order valence-corrected chi connectivity index (χ1v) is 7.26. The first kappa shape index (κ1) is 15.5. The maximum atomic E-state index is 12.0. The Kier molecular flexibility index (Phi) is 5.78. The SMILES string of the molecule is C[C@@H](NCCn1cccn1)C(=O)NCc1ccccc1Cl. The van der Waals surface area contributed by atoms with Gasteiger partial charge in [-0.1, -0.05) is 29.8 Å². The van der Waals surface area contributed by atoms with Gasteiger partial charge in [0.15, 0.2) is 0 Å². The third kappa shape index (κ3) is 4.88. The Morgan fingerprint density at radius 1 is 1.38 bits per heavy atom. The third-order valence-electron chi connectivity index (χ3n) is 3.15. The van der Waals surface area contributed by atoms with Gasteiger partial charge in [0.1, 0.15) is 0 Å². The summed E-state index contributed by atoms with van der Waals surface area (Å²) in [5, 5.41) is 10.8. The van der Waals surface area contributed by atoms with E-state index in [1.165, 1.54) is 0 Å². The van der Waals surface area contributed by atoms with Crippen LogP contribution in [0.2, 0.25) is 5.02 Å². The molecule has 2 aromatic rings. The number of halogens is 1. The van der Waals surface area contributed by atoms with Gasteiger partial charge in [-0.2, -0.15) is 5.10 Å². The molecule has 21 heavy (non-hydrogen) atoms. The molecule has 1 amide bonds. The van der Waals surface area contributed by atoms with Crippen LogP contribution < -0.4 is 10.6 Å². The predicted octanol–water partition coefficient (Wildman–Crippen LogP) is 1.83. The molecule has 0 spiro atoms. The Morgan fingerprint density at radius 2 is 2.19 bits per heavy atom. The smallest absolute Gasteiger partial charge is 0.237 e. The summed E-state index contributed by atoms with van der Waals surface area (Å²) in [6, 6.07) is 9.10. The molecule has 1 aromatic carbocycles. The van der Waals surface area contributed by atoms with Crippen LogP contribution in [0, 0.1) is 0 Å². The summed E-state index contributed by atoms with van der Waals surface area (Å²) in [4.78, 5) is 12.0. The number of hydrogen-bond donors (Lipinski definition) is 2. The van der Waals surface area contributed by atoms with Gasteiger partial charge < -0.3 is 10.6 Å². The maximum Gasteiger partial charge on any atom is 0.237 e. The van der Waals surface area contributed by atoms with E-state index < -0.39 is 0 Å². The van der Waals surface area contributed by atoms with Gasteiger partial charge in [-0.3, -0.25) is 9.48 Å². The number of nitrogens with zero attached hydrogens (tertiary/aromatic N) is 2. The fourth-order valence-corrected chi connectivity index (χ4v) is 2.10. The molecule has 0 bridgehead atoms. The monoisotopic (exact) mass is 306 g/mol. The topological polar surface area (TPSA) is 59.0 Å². The van der Waals surface area contributed by atoms with Crippen LogP contribution in [0.5, 0.6) is 0 Å². The van der Waals surface area contributed by atoms with E-state index in [0.717, 1.165) is 12.1 Å². The minimum atomic E-state index is -0.261. The lowest BCUT2D eigenvalue weighted by Crippen LogP contribution is -2.43. The Bertz CT molecular complexity index is 571. The molecule has 6 heteroatoms. The van der Waals surface area contributed by atoms with Crippen molar-refractivity contribution in [3.8, 4) is 0 Å². The molecule has 0 aliphatic carbocycles. The maximum absolute atomic E-state index is 12.0. The zero-order valence-corrected chi connectivity index (χ0v) is 12.7. The number of hydrogen-bond acceptors (Lipinski definition) is 3. The lowest BCUT2D eigenvalue weighted by Gasteiger charge is -2.14. The van der Waals surface area contributed by atoms with Crippen molar-refractivity contribution in [3.63, 3.8) is 0 Å². The van der Waals surface area contributed by atoms with Gasteiger partial charge in [-0.25, -0.2) is 0 Å². The van der Waals surface area contributed by atoms with Crippen LogP contribution in [0.3, 0.4) is 0 Å². The van der Waals surface area contributed by atoms with E-state index in [0.29, 0.717) is 18.1 Å². The molecule has 0 radical (unpaired) electrons. The zero-order chi connectivity index (χ0) is 15.1. The highest BCUT2D eigenvalue weighted by Gasteiger charge is 2.11. The van der Waals surface area contributed by atoms with E-state index in [-0.39, 0.29) is 11.9 Å². The second-order valence-corrected chi connectivity index (χ2v) is 5.16. The van der Waals surface area contributed by atoms with Gasteiger partial charge in [-0.05, 0) is 24.6 Å². The molecule has 112 valence electrons. The molecule has 5 nitrogen and oxygen atoms in total. The Morgan fingerprint density at radius 3 is 2.90 bits per heavy atom. The minimum Gasteiger partial charge on any atom is -0.351 e. The van der Waals surface area contributed by atoms with Gasteiger partial charge in [0.25, 0.3) is 0 Å². The second-order valence-electron chi connectivity index (χ2n) is 4.75. The Balaban J connectivity index is 1.71. The van der Waals surface area contributed by atoms with Gasteiger partial charge in [-0.15, -0.1) is 0 Å². The van der Waals surface area contributed by atoms with Crippen LogP contribution in [0.15, 0.2) is 42.7 Å². The molecule has 0 aliphatic heterocycles. The fourth-order valence-electron chi connectivity index (χ4n) is 1.90. The van der Waals surface area contributed by atoms with Crippen LogP contribution in [0.4, 0.5) is 0 Å². The van der Waals surface area contributed by atoms with Crippen molar-refractivity contribution in [3.05, 3.63) is 53.3 Å². The molecule has 0 saturated heterocycles. The zero-order valence-electron chi connectivity index (χ0n) is 11.9. The quantitative estimate of drug-likeness (QED) is 0.820. The first-order chi connectivity index (χ1) is 10.2. The lowest BCUT2D eigenvalue weighted by molar-refractivity contribution is -0.122. The standard InChI is InChI=1S/C15H19ClN4O/c1-12(17-8-10-20-9-4-7-19-20)15(21)18-11-13-5-2-3-6-14(13)16/h2-7,9,12,17H,8,10-11H2,1H3,(H,18,21)/t12-/m1/s1. The largest absolute Gasteiger partial charge is 0.351 e. The average Bonchev–Trinajstić information content (AvgIpc) is 2.99. The number of amides is 1. The van der Waals surface area contributed by atoms with Crippen LogP contribution in [-0.2, 0) is 17.9 Å². The minimum absolute atomic E-state index is 0.0459. The molecule has 1 atom stereocenters. The van der Waals surface area contributed by atoms with E-state index in [2.05, 4.69) is 15.7 Å². The highest BCUT2D eigenvalue weighted by Crippen LogP contribution is 2.14. The van der Waals surface area contributed by atoms with E-state index in [9.17, 15) is 4.79 Å². The summed E-state index contributed by atoms with van der Waals surface area (Å²) in [5.74, 6) is -0.0459. The van der Waals surface area contributed by atoms with E-state index in [1.807, 2.05) is 48.1 Å². The van der Waals surface area contributed by atoms with Crippen LogP contribution in [0.1, 0.15) is 12.5 Å². The van der Waals surface area contributed by atoms with Gasteiger partial charge >= 0.3 is 0 Å². The number of carbonyl (C=O) groups excluding carboxylic acids is 1. The van der Waals surface area contributed by atoms with Gasteiger partial charge in [0.2, 0.25) is 5.91 Å². The average molecular weight is 307 g/mol. The summed E-state index contributed by atoms with van der Waals surface area (Å²) in [6.07, 6.45) is 3.63. The third-order valence-corrected chi connectivity index (χ3v) is 3.52. The number of benzene rings is 1. The van der Waals surface area contributed by atoms with Crippen molar-refractivity contribution in [2.45, 2.75) is 26.1 Å². The summed E-state index contributed by atoms with van der Waals surface area (Å²) < 4.78 is 1.82. The number of nitrogens with one attached hydrogen (secondary N) is 2. The molecule has 0 aliphatic rings.